The highest BCUT2D eigenvalue weighted by Gasteiger charge is 2.15. The first-order valence-electron chi connectivity index (χ1n) is 4.94. The van der Waals surface area contributed by atoms with Crippen molar-refractivity contribution in [3.05, 3.63) is 0 Å². The summed E-state index contributed by atoms with van der Waals surface area (Å²) in [6, 6.07) is 0.199. The number of likely N-dealkylation sites (N-methyl/N-ethyl adjacent to an activating group) is 1. The molecule has 1 atom stereocenters. The zero-order chi connectivity index (χ0) is 12.8. The topological polar surface area (TPSA) is 75.5 Å². The maximum Gasteiger partial charge on any atom is 0.313 e. The van der Waals surface area contributed by atoms with E-state index in [2.05, 4.69) is 10.2 Å². The molecule has 8 heteroatoms. The summed E-state index contributed by atoms with van der Waals surface area (Å²) in [5.74, 6) is -0.848. The Hall–Kier alpha value is -0.860. The second kappa shape index (κ2) is 6.77. The smallest absolute Gasteiger partial charge is 0.313 e. The van der Waals surface area contributed by atoms with Crippen molar-refractivity contribution in [1.29, 1.82) is 0 Å². The molecule has 0 aliphatic heterocycles. The van der Waals surface area contributed by atoms with Crippen LogP contribution in [0.15, 0.2) is 4.34 Å². The number of aromatic nitrogens is 2. The lowest BCUT2D eigenvalue weighted by atomic mass is 10.3. The molecule has 1 rings (SSSR count). The van der Waals surface area contributed by atoms with Gasteiger partial charge >= 0.3 is 5.97 Å². The molecule has 0 aliphatic rings. The number of anilines is 1. The molecule has 0 fully saturated rings. The van der Waals surface area contributed by atoms with Crippen molar-refractivity contribution < 1.29 is 14.6 Å². The van der Waals surface area contributed by atoms with E-state index in [4.69, 9.17) is 9.84 Å². The van der Waals surface area contributed by atoms with Crippen molar-refractivity contribution in [2.45, 2.75) is 17.3 Å². The molecule has 96 valence electrons. The summed E-state index contributed by atoms with van der Waals surface area (Å²) in [4.78, 5) is 12.4. The van der Waals surface area contributed by atoms with Crippen LogP contribution in [0.3, 0.4) is 0 Å². The molecule has 0 aliphatic carbocycles. The van der Waals surface area contributed by atoms with E-state index in [1.54, 1.807) is 7.11 Å². The summed E-state index contributed by atoms with van der Waals surface area (Å²) in [5, 5.41) is 17.3. The number of aliphatic carboxylic acids is 1. The Kier molecular flexibility index (Phi) is 5.66. The predicted octanol–water partition coefficient (Wildman–Crippen LogP) is 1.19. The minimum absolute atomic E-state index is 0.00592. The quantitative estimate of drug-likeness (QED) is 0.750. The number of rotatable bonds is 7. The van der Waals surface area contributed by atoms with E-state index in [9.17, 15) is 4.79 Å². The molecular formula is C9H15N3O3S2. The third-order valence-corrected chi connectivity index (χ3v) is 4.22. The molecule has 1 aromatic heterocycles. The zero-order valence-corrected chi connectivity index (χ0v) is 11.5. The third kappa shape index (κ3) is 4.49. The summed E-state index contributed by atoms with van der Waals surface area (Å²) >= 11 is 2.56. The first-order chi connectivity index (χ1) is 8.04. The molecule has 1 heterocycles. The van der Waals surface area contributed by atoms with Gasteiger partial charge in [0.05, 0.1) is 18.4 Å². The van der Waals surface area contributed by atoms with Crippen LogP contribution >= 0.6 is 23.1 Å². The first kappa shape index (κ1) is 14.2. The molecule has 0 spiro atoms. The van der Waals surface area contributed by atoms with E-state index in [0.29, 0.717) is 10.9 Å². The molecule has 6 nitrogen and oxygen atoms in total. The van der Waals surface area contributed by atoms with Crippen molar-refractivity contribution in [2.24, 2.45) is 0 Å². The Morgan fingerprint density at radius 1 is 1.65 bits per heavy atom. The van der Waals surface area contributed by atoms with Crippen molar-refractivity contribution in [2.75, 3.05) is 31.4 Å². The van der Waals surface area contributed by atoms with Crippen molar-refractivity contribution >= 4 is 34.2 Å². The highest BCUT2D eigenvalue weighted by Crippen LogP contribution is 2.28. The van der Waals surface area contributed by atoms with Crippen molar-refractivity contribution in [1.82, 2.24) is 10.2 Å². The largest absolute Gasteiger partial charge is 0.481 e. The molecule has 1 N–H and O–H groups in total. The van der Waals surface area contributed by atoms with E-state index in [1.807, 2.05) is 18.9 Å². The number of hydrogen-bond acceptors (Lipinski definition) is 7. The predicted molar refractivity (Wildman–Crippen MR) is 68.0 cm³/mol. The van der Waals surface area contributed by atoms with E-state index in [1.165, 1.54) is 23.1 Å². The van der Waals surface area contributed by atoms with Crippen molar-refractivity contribution in [3.8, 4) is 0 Å². The number of carboxylic acids is 1. The van der Waals surface area contributed by atoms with Crippen LogP contribution in [-0.2, 0) is 9.53 Å². The van der Waals surface area contributed by atoms with Crippen LogP contribution in [0.4, 0.5) is 5.13 Å². The van der Waals surface area contributed by atoms with Gasteiger partial charge in [0.1, 0.15) is 0 Å². The van der Waals surface area contributed by atoms with Gasteiger partial charge in [0.15, 0.2) is 4.34 Å². The average Bonchev–Trinajstić information content (AvgIpc) is 2.74. The molecule has 0 aromatic carbocycles. The Morgan fingerprint density at radius 2 is 2.35 bits per heavy atom. The lowest BCUT2D eigenvalue weighted by Crippen LogP contribution is -2.32. The molecule has 0 saturated carbocycles. The van der Waals surface area contributed by atoms with Crippen LogP contribution < -0.4 is 4.90 Å². The fourth-order valence-corrected chi connectivity index (χ4v) is 2.69. The highest BCUT2D eigenvalue weighted by molar-refractivity contribution is 8.01. The van der Waals surface area contributed by atoms with Crippen LogP contribution in [-0.4, -0.2) is 53.8 Å². The molecule has 0 radical (unpaired) electrons. The third-order valence-electron chi connectivity index (χ3n) is 2.09. The number of carboxylic acid groups (broad SMARTS) is 1. The van der Waals surface area contributed by atoms with Gasteiger partial charge in [-0.15, -0.1) is 10.2 Å². The summed E-state index contributed by atoms with van der Waals surface area (Å²) in [6.45, 7) is 2.63. The fourth-order valence-electron chi connectivity index (χ4n) is 1.07. The van der Waals surface area contributed by atoms with Crippen LogP contribution in [0.25, 0.3) is 0 Å². The van der Waals surface area contributed by atoms with Crippen LogP contribution in [0, 0.1) is 0 Å². The summed E-state index contributed by atoms with van der Waals surface area (Å²) in [7, 11) is 3.56. The van der Waals surface area contributed by atoms with Gasteiger partial charge in [0, 0.05) is 14.2 Å². The highest BCUT2D eigenvalue weighted by atomic mass is 32.2. The van der Waals surface area contributed by atoms with Gasteiger partial charge in [-0.1, -0.05) is 23.1 Å². The van der Waals surface area contributed by atoms with Gasteiger partial charge in [-0.2, -0.15) is 0 Å². The van der Waals surface area contributed by atoms with E-state index >= 15 is 0 Å². The van der Waals surface area contributed by atoms with Gasteiger partial charge < -0.3 is 14.7 Å². The second-order valence-corrected chi connectivity index (χ2v) is 5.63. The average molecular weight is 277 g/mol. The monoisotopic (exact) mass is 277 g/mol. The van der Waals surface area contributed by atoms with Gasteiger partial charge in [-0.05, 0) is 6.92 Å². The standard InChI is InChI=1S/C9H15N3O3S2/c1-6(4-15-3)12(2)8-10-11-9(17-8)16-5-7(13)14/h6H,4-5H2,1-3H3,(H,13,14). The normalized spacial score (nSPS) is 12.4. The summed E-state index contributed by atoms with van der Waals surface area (Å²) in [5.41, 5.74) is 0. The van der Waals surface area contributed by atoms with Crippen molar-refractivity contribution in [3.63, 3.8) is 0 Å². The maximum atomic E-state index is 10.4. The van der Waals surface area contributed by atoms with Crippen LogP contribution in [0.5, 0.6) is 0 Å². The number of nitrogens with zero attached hydrogens (tertiary/aromatic N) is 3. The molecule has 1 aromatic rings. The molecule has 17 heavy (non-hydrogen) atoms. The summed E-state index contributed by atoms with van der Waals surface area (Å²) in [6.07, 6.45) is 0. The minimum atomic E-state index is -0.854. The number of carbonyl (C=O) groups is 1. The maximum absolute atomic E-state index is 10.4. The minimum Gasteiger partial charge on any atom is -0.481 e. The van der Waals surface area contributed by atoms with Crippen LogP contribution in [0.2, 0.25) is 0 Å². The molecule has 0 amide bonds. The molecule has 1 unspecified atom stereocenters. The van der Waals surface area contributed by atoms with Gasteiger partial charge in [-0.3, -0.25) is 4.79 Å². The van der Waals surface area contributed by atoms with Crippen LogP contribution in [0.1, 0.15) is 6.92 Å². The Balaban J connectivity index is 2.57. The molecule has 0 bridgehead atoms. The Bertz CT molecular complexity index is 372. The zero-order valence-electron chi connectivity index (χ0n) is 9.91. The fraction of sp³-hybridized carbons (Fsp3) is 0.667. The van der Waals surface area contributed by atoms with Gasteiger partial charge in [0.25, 0.3) is 0 Å². The summed E-state index contributed by atoms with van der Waals surface area (Å²) < 4.78 is 5.73. The Labute approximate surface area is 108 Å². The molecular weight excluding hydrogens is 262 g/mol. The number of thioether (sulfide) groups is 1. The molecule has 0 saturated heterocycles. The van der Waals surface area contributed by atoms with Gasteiger partial charge in [0.2, 0.25) is 5.13 Å². The number of ether oxygens (including phenoxy) is 1. The van der Waals surface area contributed by atoms with Gasteiger partial charge in [-0.25, -0.2) is 0 Å². The second-order valence-electron chi connectivity index (χ2n) is 3.45. The lowest BCUT2D eigenvalue weighted by Gasteiger charge is -2.22. The lowest BCUT2D eigenvalue weighted by molar-refractivity contribution is -0.133. The van der Waals surface area contributed by atoms with E-state index < -0.39 is 5.97 Å². The van der Waals surface area contributed by atoms with E-state index in [0.717, 1.165) is 5.13 Å². The number of methoxy groups -OCH3 is 1. The SMILES string of the molecule is COCC(C)N(C)c1nnc(SCC(=O)O)s1. The number of hydrogen-bond donors (Lipinski definition) is 1. The van der Waals surface area contributed by atoms with E-state index in [-0.39, 0.29) is 11.8 Å². The first-order valence-corrected chi connectivity index (χ1v) is 6.74. The Morgan fingerprint density at radius 3 is 2.94 bits per heavy atom.